The minimum atomic E-state index is 0.566. The fraction of sp³-hybridized carbons (Fsp3) is 0.143. The van der Waals surface area contributed by atoms with Gasteiger partial charge in [0.25, 0.3) is 0 Å². The SMILES string of the molecule is C=C(C)/C=C\C(=C)Oc1cccc(OC)c1. The van der Waals surface area contributed by atoms with E-state index in [0.717, 1.165) is 11.3 Å². The molecule has 0 aliphatic carbocycles. The Bertz CT molecular complexity index is 416. The van der Waals surface area contributed by atoms with E-state index in [4.69, 9.17) is 9.47 Å². The Morgan fingerprint density at radius 2 is 1.88 bits per heavy atom. The van der Waals surface area contributed by atoms with Crippen LogP contribution in [-0.4, -0.2) is 7.11 Å². The summed E-state index contributed by atoms with van der Waals surface area (Å²) in [5, 5.41) is 0. The maximum absolute atomic E-state index is 5.50. The lowest BCUT2D eigenvalue weighted by Crippen LogP contribution is -1.91. The fourth-order valence-corrected chi connectivity index (χ4v) is 1.09. The van der Waals surface area contributed by atoms with Crippen LogP contribution < -0.4 is 9.47 Å². The van der Waals surface area contributed by atoms with Crippen molar-refractivity contribution in [2.24, 2.45) is 0 Å². The summed E-state index contributed by atoms with van der Waals surface area (Å²) >= 11 is 0. The summed E-state index contributed by atoms with van der Waals surface area (Å²) in [5.74, 6) is 2.03. The van der Waals surface area contributed by atoms with E-state index in [1.807, 2.05) is 31.2 Å². The molecule has 0 aromatic heterocycles. The van der Waals surface area contributed by atoms with Crippen LogP contribution in [0.15, 0.2) is 60.9 Å². The van der Waals surface area contributed by atoms with E-state index in [1.54, 1.807) is 19.3 Å². The van der Waals surface area contributed by atoms with E-state index >= 15 is 0 Å². The number of hydrogen-bond donors (Lipinski definition) is 0. The molecule has 0 N–H and O–H groups in total. The summed E-state index contributed by atoms with van der Waals surface area (Å²) in [7, 11) is 1.62. The molecule has 0 aliphatic rings. The highest BCUT2D eigenvalue weighted by Crippen LogP contribution is 2.20. The van der Waals surface area contributed by atoms with E-state index in [-0.39, 0.29) is 0 Å². The third-order valence-corrected chi connectivity index (χ3v) is 1.84. The van der Waals surface area contributed by atoms with Gasteiger partial charge in [0.2, 0.25) is 0 Å². The van der Waals surface area contributed by atoms with Crippen LogP contribution >= 0.6 is 0 Å². The number of rotatable bonds is 5. The van der Waals surface area contributed by atoms with Gasteiger partial charge in [-0.05, 0) is 25.1 Å². The van der Waals surface area contributed by atoms with Crippen molar-refractivity contribution in [2.45, 2.75) is 6.92 Å². The van der Waals surface area contributed by atoms with Gasteiger partial charge in [-0.1, -0.05) is 30.9 Å². The maximum Gasteiger partial charge on any atom is 0.131 e. The Balaban J connectivity index is 2.65. The highest BCUT2D eigenvalue weighted by Gasteiger charge is 1.97. The minimum Gasteiger partial charge on any atom is -0.497 e. The lowest BCUT2D eigenvalue weighted by atomic mass is 10.3. The van der Waals surface area contributed by atoms with Gasteiger partial charge < -0.3 is 9.47 Å². The van der Waals surface area contributed by atoms with Gasteiger partial charge in [-0.15, -0.1) is 0 Å². The van der Waals surface area contributed by atoms with Crippen LogP contribution in [0.3, 0.4) is 0 Å². The van der Waals surface area contributed by atoms with Crippen LogP contribution in [0.1, 0.15) is 6.92 Å². The topological polar surface area (TPSA) is 18.5 Å². The van der Waals surface area contributed by atoms with Crippen LogP contribution in [-0.2, 0) is 0 Å². The van der Waals surface area contributed by atoms with Crippen LogP contribution in [0.4, 0.5) is 0 Å². The first-order valence-electron chi connectivity index (χ1n) is 4.96. The monoisotopic (exact) mass is 216 g/mol. The van der Waals surface area contributed by atoms with Gasteiger partial charge in [-0.3, -0.25) is 0 Å². The van der Waals surface area contributed by atoms with Crippen LogP contribution in [0, 0.1) is 0 Å². The number of methoxy groups -OCH3 is 1. The van der Waals surface area contributed by atoms with Crippen LogP contribution in [0.2, 0.25) is 0 Å². The predicted molar refractivity (Wildman–Crippen MR) is 66.7 cm³/mol. The molecule has 84 valence electrons. The maximum atomic E-state index is 5.50. The molecule has 0 heterocycles. The molecule has 0 amide bonds. The number of allylic oxidation sites excluding steroid dienone is 3. The molecule has 1 aromatic rings. The molecule has 0 saturated carbocycles. The Labute approximate surface area is 96.5 Å². The van der Waals surface area contributed by atoms with Crippen molar-refractivity contribution in [3.63, 3.8) is 0 Å². The molecule has 2 nitrogen and oxygen atoms in total. The second kappa shape index (κ2) is 5.81. The van der Waals surface area contributed by atoms with E-state index in [9.17, 15) is 0 Å². The highest BCUT2D eigenvalue weighted by molar-refractivity contribution is 5.35. The van der Waals surface area contributed by atoms with Crippen molar-refractivity contribution in [1.82, 2.24) is 0 Å². The third-order valence-electron chi connectivity index (χ3n) is 1.84. The molecule has 0 spiro atoms. The van der Waals surface area contributed by atoms with Crippen molar-refractivity contribution in [3.05, 3.63) is 60.9 Å². The van der Waals surface area contributed by atoms with Crippen molar-refractivity contribution in [3.8, 4) is 11.5 Å². The smallest absolute Gasteiger partial charge is 0.131 e. The molecule has 16 heavy (non-hydrogen) atoms. The summed E-state index contributed by atoms with van der Waals surface area (Å²) in [6, 6.07) is 7.38. The Kier molecular flexibility index (Phi) is 4.40. The summed E-state index contributed by atoms with van der Waals surface area (Å²) in [4.78, 5) is 0. The zero-order valence-corrected chi connectivity index (χ0v) is 9.69. The van der Waals surface area contributed by atoms with Gasteiger partial charge in [-0.2, -0.15) is 0 Å². The van der Waals surface area contributed by atoms with Gasteiger partial charge in [0, 0.05) is 6.07 Å². The molecule has 0 radical (unpaired) electrons. The molecule has 0 atom stereocenters. The fourth-order valence-electron chi connectivity index (χ4n) is 1.09. The average Bonchev–Trinajstić information content (AvgIpc) is 2.26. The summed E-state index contributed by atoms with van der Waals surface area (Å²) in [5.41, 5.74) is 0.954. The van der Waals surface area contributed by atoms with Gasteiger partial charge >= 0.3 is 0 Å². The average molecular weight is 216 g/mol. The zero-order chi connectivity index (χ0) is 12.0. The molecule has 1 rings (SSSR count). The Morgan fingerprint density at radius 1 is 1.19 bits per heavy atom. The lowest BCUT2D eigenvalue weighted by Gasteiger charge is -2.06. The lowest BCUT2D eigenvalue weighted by molar-refractivity contribution is 0.405. The van der Waals surface area contributed by atoms with Gasteiger partial charge in [0.05, 0.1) is 7.11 Å². The standard InChI is InChI=1S/C14H16O2/c1-11(2)8-9-12(3)16-14-7-5-6-13(10-14)15-4/h5-10H,1,3H2,2,4H3/b9-8-. The normalized spacial score (nSPS) is 10.1. The summed E-state index contributed by atoms with van der Waals surface area (Å²) in [6.07, 6.45) is 3.63. The van der Waals surface area contributed by atoms with E-state index < -0.39 is 0 Å². The number of ether oxygens (including phenoxy) is 2. The van der Waals surface area contributed by atoms with Crippen molar-refractivity contribution >= 4 is 0 Å². The first-order valence-corrected chi connectivity index (χ1v) is 4.96. The first kappa shape index (κ1) is 12.1. The Hall–Kier alpha value is -1.96. The van der Waals surface area contributed by atoms with E-state index in [2.05, 4.69) is 13.2 Å². The molecule has 0 fully saturated rings. The number of benzene rings is 1. The minimum absolute atomic E-state index is 0.566. The van der Waals surface area contributed by atoms with Gasteiger partial charge in [0.1, 0.15) is 17.3 Å². The van der Waals surface area contributed by atoms with Crippen molar-refractivity contribution in [1.29, 1.82) is 0 Å². The molecule has 0 saturated heterocycles. The van der Waals surface area contributed by atoms with Crippen molar-refractivity contribution in [2.75, 3.05) is 7.11 Å². The molecular weight excluding hydrogens is 200 g/mol. The number of hydrogen-bond acceptors (Lipinski definition) is 2. The molecule has 0 bridgehead atoms. The molecule has 2 heteroatoms. The first-order chi connectivity index (χ1) is 7.61. The zero-order valence-electron chi connectivity index (χ0n) is 9.69. The highest BCUT2D eigenvalue weighted by atomic mass is 16.5. The molecule has 0 unspecified atom stereocenters. The molecule has 1 aromatic carbocycles. The second-order valence-electron chi connectivity index (χ2n) is 3.43. The molecular formula is C14H16O2. The van der Waals surface area contributed by atoms with Crippen LogP contribution in [0.5, 0.6) is 11.5 Å². The predicted octanol–water partition coefficient (Wildman–Crippen LogP) is 3.72. The van der Waals surface area contributed by atoms with Gasteiger partial charge in [0.15, 0.2) is 0 Å². The van der Waals surface area contributed by atoms with Crippen molar-refractivity contribution < 1.29 is 9.47 Å². The molecule has 0 aliphatic heterocycles. The summed E-state index contributed by atoms with van der Waals surface area (Å²) < 4.78 is 10.6. The quantitative estimate of drug-likeness (QED) is 0.551. The second-order valence-corrected chi connectivity index (χ2v) is 3.43. The van der Waals surface area contributed by atoms with Gasteiger partial charge in [-0.25, -0.2) is 0 Å². The third kappa shape index (κ3) is 4.05. The largest absolute Gasteiger partial charge is 0.497 e. The Morgan fingerprint density at radius 3 is 2.50 bits per heavy atom. The van der Waals surface area contributed by atoms with E-state index in [0.29, 0.717) is 11.5 Å². The summed E-state index contributed by atoms with van der Waals surface area (Å²) in [6.45, 7) is 9.46. The van der Waals surface area contributed by atoms with Crippen LogP contribution in [0.25, 0.3) is 0 Å². The van der Waals surface area contributed by atoms with E-state index in [1.165, 1.54) is 0 Å².